The normalized spacial score (nSPS) is 13.2. The van der Waals surface area contributed by atoms with E-state index in [2.05, 4.69) is 5.32 Å². The van der Waals surface area contributed by atoms with Gasteiger partial charge in [-0.05, 0) is 37.2 Å². The molecule has 0 radical (unpaired) electrons. The van der Waals surface area contributed by atoms with Crippen LogP contribution in [-0.4, -0.2) is 39.6 Å². The van der Waals surface area contributed by atoms with Crippen molar-refractivity contribution >= 4 is 21.4 Å². The fraction of sp³-hybridized carbons (Fsp3) is 0.538. The van der Waals surface area contributed by atoms with E-state index in [9.17, 15) is 8.42 Å². The van der Waals surface area contributed by atoms with Gasteiger partial charge in [-0.25, -0.2) is 8.42 Å². The standard InChI is InChI=1S/C13H20ClNO3S/c1-3-15-12(8-9-19(2,16)17)10-18-13-6-4-11(14)5-7-13/h4-7,12,15H,3,8-10H2,1-2H3. The number of nitrogens with one attached hydrogen (secondary N) is 1. The summed E-state index contributed by atoms with van der Waals surface area (Å²) in [5.74, 6) is 0.890. The first-order valence-electron chi connectivity index (χ1n) is 6.20. The third kappa shape index (κ3) is 7.40. The average Bonchev–Trinajstić information content (AvgIpc) is 2.34. The summed E-state index contributed by atoms with van der Waals surface area (Å²) in [5.41, 5.74) is 0. The van der Waals surface area contributed by atoms with Crippen LogP contribution in [-0.2, 0) is 9.84 Å². The predicted molar refractivity (Wildman–Crippen MR) is 78.7 cm³/mol. The summed E-state index contributed by atoms with van der Waals surface area (Å²) in [6.07, 6.45) is 1.79. The van der Waals surface area contributed by atoms with Gasteiger partial charge >= 0.3 is 0 Å². The molecule has 0 saturated carbocycles. The lowest BCUT2D eigenvalue weighted by Crippen LogP contribution is -2.36. The summed E-state index contributed by atoms with van der Waals surface area (Å²) in [6.45, 7) is 3.19. The smallest absolute Gasteiger partial charge is 0.147 e. The minimum atomic E-state index is -2.94. The van der Waals surface area contributed by atoms with Gasteiger partial charge in [-0.2, -0.15) is 0 Å². The van der Waals surface area contributed by atoms with Gasteiger partial charge in [0.2, 0.25) is 0 Å². The lowest BCUT2D eigenvalue weighted by Gasteiger charge is -2.18. The number of sulfone groups is 1. The van der Waals surface area contributed by atoms with Crippen LogP contribution in [0.2, 0.25) is 5.02 Å². The van der Waals surface area contributed by atoms with E-state index in [1.807, 2.05) is 6.92 Å². The minimum Gasteiger partial charge on any atom is -0.492 e. The zero-order chi connectivity index (χ0) is 14.3. The van der Waals surface area contributed by atoms with Crippen LogP contribution in [0.1, 0.15) is 13.3 Å². The maximum absolute atomic E-state index is 11.2. The number of hydrogen-bond donors (Lipinski definition) is 1. The Bertz CT molecular complexity index is 473. The van der Waals surface area contributed by atoms with Gasteiger partial charge in [0.1, 0.15) is 22.2 Å². The van der Waals surface area contributed by atoms with Gasteiger partial charge in [0.15, 0.2) is 0 Å². The maximum atomic E-state index is 11.2. The van der Waals surface area contributed by atoms with Crippen LogP contribution in [0.3, 0.4) is 0 Å². The van der Waals surface area contributed by atoms with E-state index in [-0.39, 0.29) is 11.8 Å². The van der Waals surface area contributed by atoms with Gasteiger partial charge in [0.25, 0.3) is 0 Å². The maximum Gasteiger partial charge on any atom is 0.147 e. The molecule has 0 spiro atoms. The van der Waals surface area contributed by atoms with E-state index in [0.29, 0.717) is 18.1 Å². The average molecular weight is 306 g/mol. The third-order valence-electron chi connectivity index (χ3n) is 2.59. The minimum absolute atomic E-state index is 0.0235. The first-order valence-corrected chi connectivity index (χ1v) is 8.64. The molecular formula is C13H20ClNO3S. The van der Waals surface area contributed by atoms with Gasteiger partial charge in [0, 0.05) is 17.3 Å². The van der Waals surface area contributed by atoms with Crippen molar-refractivity contribution in [3.63, 3.8) is 0 Å². The van der Waals surface area contributed by atoms with E-state index in [4.69, 9.17) is 16.3 Å². The predicted octanol–water partition coefficient (Wildman–Crippen LogP) is 2.13. The molecule has 1 aromatic carbocycles. The fourth-order valence-corrected chi connectivity index (χ4v) is 2.46. The Kier molecular flexibility index (Phi) is 6.62. The van der Waals surface area contributed by atoms with Gasteiger partial charge in [-0.15, -0.1) is 0 Å². The van der Waals surface area contributed by atoms with Gasteiger partial charge in [-0.1, -0.05) is 18.5 Å². The van der Waals surface area contributed by atoms with E-state index >= 15 is 0 Å². The second-order valence-corrected chi connectivity index (χ2v) is 7.13. The Balaban J connectivity index is 2.47. The van der Waals surface area contributed by atoms with Crippen LogP contribution >= 0.6 is 11.6 Å². The molecule has 1 N–H and O–H groups in total. The summed E-state index contributed by atoms with van der Waals surface area (Å²) in [6, 6.07) is 7.13. The Morgan fingerprint density at radius 2 is 1.95 bits per heavy atom. The van der Waals surface area contributed by atoms with Crippen LogP contribution in [0, 0.1) is 0 Å². The molecule has 19 heavy (non-hydrogen) atoms. The van der Waals surface area contributed by atoms with Crippen molar-refractivity contribution in [3.8, 4) is 5.75 Å². The van der Waals surface area contributed by atoms with Crippen LogP contribution < -0.4 is 10.1 Å². The molecule has 108 valence electrons. The Morgan fingerprint density at radius 1 is 1.32 bits per heavy atom. The number of likely N-dealkylation sites (N-methyl/N-ethyl adjacent to an activating group) is 1. The second-order valence-electron chi connectivity index (χ2n) is 4.44. The molecule has 4 nitrogen and oxygen atoms in total. The van der Waals surface area contributed by atoms with Gasteiger partial charge in [-0.3, -0.25) is 0 Å². The molecule has 1 rings (SSSR count). The van der Waals surface area contributed by atoms with Crippen LogP contribution in [0.5, 0.6) is 5.75 Å². The van der Waals surface area contributed by atoms with E-state index in [1.54, 1.807) is 24.3 Å². The summed E-state index contributed by atoms with van der Waals surface area (Å²) >= 11 is 5.79. The largest absolute Gasteiger partial charge is 0.492 e. The zero-order valence-corrected chi connectivity index (χ0v) is 12.8. The van der Waals surface area contributed by atoms with Crippen molar-refractivity contribution in [2.45, 2.75) is 19.4 Å². The quantitative estimate of drug-likeness (QED) is 0.799. The van der Waals surface area contributed by atoms with E-state index in [1.165, 1.54) is 6.26 Å². The second kappa shape index (κ2) is 7.72. The summed E-state index contributed by atoms with van der Waals surface area (Å²) < 4.78 is 28.0. The highest BCUT2D eigenvalue weighted by molar-refractivity contribution is 7.90. The molecule has 0 bridgehead atoms. The van der Waals surface area contributed by atoms with E-state index in [0.717, 1.165) is 12.3 Å². The van der Waals surface area contributed by atoms with Crippen molar-refractivity contribution in [3.05, 3.63) is 29.3 Å². The molecule has 0 aliphatic carbocycles. The lowest BCUT2D eigenvalue weighted by molar-refractivity contribution is 0.262. The first-order chi connectivity index (χ1) is 8.90. The van der Waals surface area contributed by atoms with Crippen LogP contribution in [0.25, 0.3) is 0 Å². The Morgan fingerprint density at radius 3 is 2.47 bits per heavy atom. The molecule has 0 aliphatic heterocycles. The third-order valence-corrected chi connectivity index (χ3v) is 3.82. The monoisotopic (exact) mass is 305 g/mol. The Hall–Kier alpha value is -0.780. The van der Waals surface area contributed by atoms with Crippen LogP contribution in [0.15, 0.2) is 24.3 Å². The summed E-state index contributed by atoms with van der Waals surface area (Å²) in [5, 5.41) is 3.88. The molecule has 1 unspecified atom stereocenters. The molecule has 0 aromatic heterocycles. The van der Waals surface area contributed by atoms with Gasteiger partial charge < -0.3 is 10.1 Å². The molecule has 0 amide bonds. The number of halogens is 1. The highest BCUT2D eigenvalue weighted by Gasteiger charge is 2.12. The topological polar surface area (TPSA) is 55.4 Å². The van der Waals surface area contributed by atoms with E-state index < -0.39 is 9.84 Å². The summed E-state index contributed by atoms with van der Waals surface area (Å²) in [7, 11) is -2.94. The molecule has 0 aliphatic rings. The van der Waals surface area contributed by atoms with Gasteiger partial charge in [0.05, 0.1) is 5.75 Å². The molecule has 1 aromatic rings. The molecule has 0 heterocycles. The summed E-state index contributed by atoms with van der Waals surface area (Å²) in [4.78, 5) is 0. The zero-order valence-electron chi connectivity index (χ0n) is 11.2. The van der Waals surface area contributed by atoms with Crippen LogP contribution in [0.4, 0.5) is 0 Å². The van der Waals surface area contributed by atoms with Crippen molar-refractivity contribution in [2.24, 2.45) is 0 Å². The number of ether oxygens (including phenoxy) is 1. The Labute approximate surface area is 120 Å². The fourth-order valence-electron chi connectivity index (χ4n) is 1.62. The molecule has 6 heteroatoms. The number of hydrogen-bond acceptors (Lipinski definition) is 4. The molecular weight excluding hydrogens is 286 g/mol. The SMILES string of the molecule is CCNC(CCS(C)(=O)=O)COc1ccc(Cl)cc1. The molecule has 1 atom stereocenters. The van der Waals surface area contributed by atoms with Crippen molar-refractivity contribution in [1.29, 1.82) is 0 Å². The van der Waals surface area contributed by atoms with Crippen molar-refractivity contribution < 1.29 is 13.2 Å². The lowest BCUT2D eigenvalue weighted by atomic mass is 10.2. The van der Waals surface area contributed by atoms with Crippen molar-refractivity contribution in [2.75, 3.05) is 25.2 Å². The highest BCUT2D eigenvalue weighted by atomic mass is 35.5. The first kappa shape index (κ1) is 16.3. The molecule has 0 fully saturated rings. The number of benzene rings is 1. The number of rotatable bonds is 8. The van der Waals surface area contributed by atoms with Crippen molar-refractivity contribution in [1.82, 2.24) is 5.32 Å². The molecule has 0 saturated heterocycles. The highest BCUT2D eigenvalue weighted by Crippen LogP contribution is 2.15.